The number of para-hydroxylation sites is 1. The highest BCUT2D eigenvalue weighted by molar-refractivity contribution is 5.65. The highest BCUT2D eigenvalue weighted by Gasteiger charge is 2.27. The molecule has 0 bridgehead atoms. The third kappa shape index (κ3) is 3.49. The van der Waals surface area contributed by atoms with Crippen molar-refractivity contribution >= 4 is 11.4 Å². The fourth-order valence-corrected chi connectivity index (χ4v) is 2.74. The van der Waals surface area contributed by atoms with Crippen LogP contribution in [0.5, 0.6) is 0 Å². The van der Waals surface area contributed by atoms with Crippen molar-refractivity contribution in [2.75, 3.05) is 18.6 Å². The average Bonchev–Trinajstić information content (AvgIpc) is 2.47. The molecular formula is C14H22N4O3. The number of nitrogens with one attached hydrogen (secondary N) is 1. The zero-order chi connectivity index (χ0) is 15.4. The smallest absolute Gasteiger partial charge is 0.293 e. The van der Waals surface area contributed by atoms with Crippen molar-refractivity contribution in [2.45, 2.75) is 39.0 Å². The Labute approximate surface area is 124 Å². The Morgan fingerprint density at radius 2 is 2.33 bits per heavy atom. The molecule has 1 aromatic carbocycles. The van der Waals surface area contributed by atoms with Gasteiger partial charge in [-0.3, -0.25) is 20.9 Å². The minimum Gasteiger partial charge on any atom is -0.376 e. The van der Waals surface area contributed by atoms with Crippen LogP contribution in [0.2, 0.25) is 0 Å². The molecule has 3 N–H and O–H groups in total. The highest BCUT2D eigenvalue weighted by atomic mass is 16.6. The molecule has 0 aromatic heterocycles. The Morgan fingerprint density at radius 1 is 1.57 bits per heavy atom. The van der Waals surface area contributed by atoms with Gasteiger partial charge in [0.25, 0.3) is 5.69 Å². The van der Waals surface area contributed by atoms with E-state index in [1.165, 1.54) is 6.07 Å². The number of hydrazine groups is 1. The van der Waals surface area contributed by atoms with Crippen molar-refractivity contribution in [3.8, 4) is 0 Å². The van der Waals surface area contributed by atoms with Crippen molar-refractivity contribution in [3.63, 3.8) is 0 Å². The van der Waals surface area contributed by atoms with E-state index >= 15 is 0 Å². The maximum atomic E-state index is 11.1. The summed E-state index contributed by atoms with van der Waals surface area (Å²) < 4.78 is 5.68. The molecule has 2 rings (SSSR count). The summed E-state index contributed by atoms with van der Waals surface area (Å²) >= 11 is 0. The van der Waals surface area contributed by atoms with Gasteiger partial charge in [0.15, 0.2) is 0 Å². The Kier molecular flexibility index (Phi) is 5.11. The molecule has 1 aliphatic rings. The molecule has 0 spiro atoms. The van der Waals surface area contributed by atoms with Gasteiger partial charge in [0.05, 0.1) is 17.6 Å². The topological polar surface area (TPSA) is 93.7 Å². The Balaban J connectivity index is 2.25. The number of nitro groups is 1. The van der Waals surface area contributed by atoms with Gasteiger partial charge in [0, 0.05) is 25.2 Å². The summed E-state index contributed by atoms with van der Waals surface area (Å²) in [5, 5.41) is 11.1. The molecule has 0 saturated carbocycles. The molecule has 2 atom stereocenters. The fraction of sp³-hybridized carbons (Fsp3) is 0.571. The van der Waals surface area contributed by atoms with Crippen LogP contribution in [0.25, 0.3) is 0 Å². The molecule has 0 aliphatic carbocycles. The van der Waals surface area contributed by atoms with E-state index in [-0.39, 0.29) is 11.8 Å². The van der Waals surface area contributed by atoms with Gasteiger partial charge in [-0.2, -0.15) is 0 Å². The first kappa shape index (κ1) is 15.7. The zero-order valence-corrected chi connectivity index (χ0v) is 12.4. The molecule has 1 fully saturated rings. The maximum Gasteiger partial charge on any atom is 0.293 e. The summed E-state index contributed by atoms with van der Waals surface area (Å²) in [5.74, 6) is 5.49. The molecule has 116 valence electrons. The summed E-state index contributed by atoms with van der Waals surface area (Å²) in [6.07, 6.45) is 1.15. The van der Waals surface area contributed by atoms with Crippen molar-refractivity contribution in [3.05, 3.63) is 33.9 Å². The van der Waals surface area contributed by atoms with Gasteiger partial charge in [-0.25, -0.2) is 0 Å². The van der Waals surface area contributed by atoms with Crippen LogP contribution in [-0.2, 0) is 11.3 Å². The van der Waals surface area contributed by atoms with E-state index in [2.05, 4.69) is 17.2 Å². The van der Waals surface area contributed by atoms with E-state index in [4.69, 9.17) is 10.6 Å². The number of hydrogen-bond donors (Lipinski definition) is 2. The van der Waals surface area contributed by atoms with Crippen molar-refractivity contribution in [2.24, 2.45) is 5.84 Å². The number of nitro benzene ring substituents is 1. The van der Waals surface area contributed by atoms with Gasteiger partial charge in [0.2, 0.25) is 0 Å². The predicted octanol–water partition coefficient (Wildman–Crippen LogP) is 1.88. The van der Waals surface area contributed by atoms with Crippen LogP contribution in [0, 0.1) is 10.1 Å². The second kappa shape index (κ2) is 6.84. The van der Waals surface area contributed by atoms with E-state index < -0.39 is 4.92 Å². The molecule has 0 radical (unpaired) electrons. The molecule has 0 amide bonds. The SMILES string of the molecule is CCC1COC(C)CN1Cc1cccc([N+](=O)[O-])c1NN. The summed E-state index contributed by atoms with van der Waals surface area (Å²) in [5.41, 5.74) is 3.70. The number of nitrogen functional groups attached to an aromatic ring is 1. The number of benzene rings is 1. The number of hydrogen-bond acceptors (Lipinski definition) is 6. The first-order valence-electron chi connectivity index (χ1n) is 7.15. The molecule has 7 nitrogen and oxygen atoms in total. The third-order valence-corrected chi connectivity index (χ3v) is 3.90. The second-order valence-corrected chi connectivity index (χ2v) is 5.35. The quantitative estimate of drug-likeness (QED) is 0.489. The van der Waals surface area contributed by atoms with E-state index in [9.17, 15) is 10.1 Å². The molecule has 1 saturated heterocycles. The number of rotatable bonds is 5. The molecule has 1 aliphatic heterocycles. The number of ether oxygens (including phenoxy) is 1. The monoisotopic (exact) mass is 294 g/mol. The number of morpholine rings is 1. The summed E-state index contributed by atoms with van der Waals surface area (Å²) in [6.45, 7) is 6.28. The number of nitrogens with zero attached hydrogens (tertiary/aromatic N) is 2. The van der Waals surface area contributed by atoms with Gasteiger partial charge >= 0.3 is 0 Å². The molecule has 1 heterocycles. The van der Waals surface area contributed by atoms with Gasteiger partial charge in [-0.05, 0) is 18.9 Å². The second-order valence-electron chi connectivity index (χ2n) is 5.35. The third-order valence-electron chi connectivity index (χ3n) is 3.90. The van der Waals surface area contributed by atoms with Crippen LogP contribution in [0.3, 0.4) is 0 Å². The number of nitrogens with two attached hydrogens (primary N) is 1. The van der Waals surface area contributed by atoms with E-state index in [1.807, 2.05) is 13.0 Å². The molecule has 1 aromatic rings. The van der Waals surface area contributed by atoms with Crippen LogP contribution in [-0.4, -0.2) is 35.1 Å². The van der Waals surface area contributed by atoms with Crippen LogP contribution in [0.1, 0.15) is 25.8 Å². The zero-order valence-electron chi connectivity index (χ0n) is 12.4. The minimum atomic E-state index is -0.419. The van der Waals surface area contributed by atoms with E-state index in [1.54, 1.807) is 6.07 Å². The Bertz CT molecular complexity index is 509. The average molecular weight is 294 g/mol. The molecule has 7 heteroatoms. The largest absolute Gasteiger partial charge is 0.376 e. The van der Waals surface area contributed by atoms with Gasteiger partial charge < -0.3 is 10.2 Å². The first-order chi connectivity index (χ1) is 10.1. The summed E-state index contributed by atoms with van der Waals surface area (Å²) in [4.78, 5) is 13.0. The number of anilines is 1. The molecule has 21 heavy (non-hydrogen) atoms. The standard InChI is InChI=1S/C14H22N4O3/c1-3-12-9-21-10(2)7-17(12)8-11-5-4-6-13(18(19)20)14(11)16-15/h4-6,10,12,16H,3,7-9,15H2,1-2H3. The maximum absolute atomic E-state index is 11.1. The van der Waals surface area contributed by atoms with E-state index in [0.29, 0.717) is 24.9 Å². The van der Waals surface area contributed by atoms with Crippen LogP contribution >= 0.6 is 0 Å². The minimum absolute atomic E-state index is 0.00403. The Hall–Kier alpha value is -1.70. The lowest BCUT2D eigenvalue weighted by molar-refractivity contribution is -0.384. The first-order valence-corrected chi connectivity index (χ1v) is 7.15. The highest BCUT2D eigenvalue weighted by Crippen LogP contribution is 2.29. The predicted molar refractivity (Wildman–Crippen MR) is 80.8 cm³/mol. The molecule has 2 unspecified atom stereocenters. The summed E-state index contributed by atoms with van der Waals surface area (Å²) in [7, 11) is 0. The van der Waals surface area contributed by atoms with Crippen molar-refractivity contribution in [1.29, 1.82) is 0 Å². The van der Waals surface area contributed by atoms with Crippen molar-refractivity contribution in [1.82, 2.24) is 4.90 Å². The summed E-state index contributed by atoms with van der Waals surface area (Å²) in [6, 6.07) is 5.35. The van der Waals surface area contributed by atoms with Crippen LogP contribution in [0.4, 0.5) is 11.4 Å². The van der Waals surface area contributed by atoms with E-state index in [0.717, 1.165) is 18.5 Å². The van der Waals surface area contributed by atoms with Crippen molar-refractivity contribution < 1.29 is 9.66 Å². The lowest BCUT2D eigenvalue weighted by atomic mass is 10.1. The Morgan fingerprint density at radius 3 is 2.95 bits per heavy atom. The van der Waals surface area contributed by atoms with Gasteiger partial charge in [-0.1, -0.05) is 19.1 Å². The van der Waals surface area contributed by atoms with Crippen LogP contribution in [0.15, 0.2) is 18.2 Å². The van der Waals surface area contributed by atoms with Gasteiger partial charge in [0.1, 0.15) is 5.69 Å². The lowest BCUT2D eigenvalue weighted by Gasteiger charge is -2.38. The lowest BCUT2D eigenvalue weighted by Crippen LogP contribution is -2.48. The normalized spacial score (nSPS) is 23.0. The van der Waals surface area contributed by atoms with Crippen LogP contribution < -0.4 is 11.3 Å². The van der Waals surface area contributed by atoms with Gasteiger partial charge in [-0.15, -0.1) is 0 Å². The molecular weight excluding hydrogens is 272 g/mol. The fourth-order valence-electron chi connectivity index (χ4n) is 2.74.